The molecule has 2 heterocycles. The summed E-state index contributed by atoms with van der Waals surface area (Å²) in [4.78, 5) is 12.8. The molecule has 1 amide bonds. The summed E-state index contributed by atoms with van der Waals surface area (Å²) in [6, 6.07) is 10.1. The van der Waals surface area contributed by atoms with Crippen LogP contribution in [0.4, 0.5) is 5.69 Å². The number of amides is 1. The number of hydrogen-bond donors (Lipinski definition) is 2. The van der Waals surface area contributed by atoms with Gasteiger partial charge in [0, 0.05) is 13.3 Å². The molecule has 25 heavy (non-hydrogen) atoms. The van der Waals surface area contributed by atoms with Crippen molar-refractivity contribution in [2.75, 3.05) is 32.1 Å². The molecule has 0 aliphatic carbocycles. The van der Waals surface area contributed by atoms with E-state index in [1.54, 1.807) is 13.3 Å². The van der Waals surface area contributed by atoms with Crippen molar-refractivity contribution in [3.63, 3.8) is 0 Å². The predicted octanol–water partition coefficient (Wildman–Crippen LogP) is 2.31. The highest BCUT2D eigenvalue weighted by Gasteiger charge is 2.39. The van der Waals surface area contributed by atoms with Crippen LogP contribution in [0.15, 0.2) is 42.7 Å². The van der Waals surface area contributed by atoms with Gasteiger partial charge in [-0.3, -0.25) is 9.48 Å². The summed E-state index contributed by atoms with van der Waals surface area (Å²) in [5.74, 6) is 0.0186. The highest BCUT2D eigenvalue weighted by Crippen LogP contribution is 2.30. The Morgan fingerprint density at radius 3 is 2.72 bits per heavy atom. The molecule has 136 valence electrons. The van der Waals surface area contributed by atoms with Crippen LogP contribution < -0.4 is 10.6 Å². The smallest absolute Gasteiger partial charge is 0.233 e. The largest absolute Gasteiger partial charge is 0.384 e. The molecule has 1 aliphatic heterocycles. The van der Waals surface area contributed by atoms with Gasteiger partial charge in [-0.15, -0.1) is 12.4 Å². The number of carbonyl (C=O) groups excluding carboxylic acids is 1. The topological polar surface area (TPSA) is 68.2 Å². The number of piperidine rings is 1. The first-order valence-corrected chi connectivity index (χ1v) is 8.29. The molecule has 2 N–H and O–H groups in total. The number of methoxy groups -OCH3 is 1. The van der Waals surface area contributed by atoms with E-state index in [-0.39, 0.29) is 18.3 Å². The summed E-state index contributed by atoms with van der Waals surface area (Å²) >= 11 is 0. The van der Waals surface area contributed by atoms with Crippen LogP contribution in [0.3, 0.4) is 0 Å². The van der Waals surface area contributed by atoms with Gasteiger partial charge in [0.05, 0.1) is 30.5 Å². The predicted molar refractivity (Wildman–Crippen MR) is 100 cm³/mol. The van der Waals surface area contributed by atoms with E-state index in [1.807, 2.05) is 29.1 Å². The van der Waals surface area contributed by atoms with Crippen molar-refractivity contribution >= 4 is 24.0 Å². The van der Waals surface area contributed by atoms with Crippen molar-refractivity contribution in [1.82, 2.24) is 15.1 Å². The Labute approximate surface area is 154 Å². The molecule has 0 atom stereocenters. The van der Waals surface area contributed by atoms with Gasteiger partial charge in [0.15, 0.2) is 0 Å². The molecule has 2 aromatic rings. The third-order valence-electron chi connectivity index (χ3n) is 4.54. The lowest BCUT2D eigenvalue weighted by Gasteiger charge is -2.35. The molecule has 0 bridgehead atoms. The number of nitrogens with one attached hydrogen (secondary N) is 2. The second kappa shape index (κ2) is 8.99. The molecule has 0 radical (unpaired) electrons. The second-order valence-electron chi connectivity index (χ2n) is 6.33. The van der Waals surface area contributed by atoms with Crippen LogP contribution in [-0.2, 0) is 16.1 Å². The first-order valence-electron chi connectivity index (χ1n) is 8.29. The zero-order valence-electron chi connectivity index (χ0n) is 14.4. The monoisotopic (exact) mass is 364 g/mol. The first-order chi connectivity index (χ1) is 11.7. The lowest BCUT2D eigenvalue weighted by Crippen LogP contribution is -2.47. The van der Waals surface area contributed by atoms with Crippen molar-refractivity contribution < 1.29 is 9.53 Å². The van der Waals surface area contributed by atoms with E-state index in [2.05, 4.69) is 27.9 Å². The number of nitrogens with zero attached hydrogens (tertiary/aromatic N) is 2. The molecule has 1 aliphatic rings. The van der Waals surface area contributed by atoms with Crippen molar-refractivity contribution in [3.8, 4) is 0 Å². The van der Waals surface area contributed by atoms with Gasteiger partial charge < -0.3 is 15.4 Å². The van der Waals surface area contributed by atoms with Gasteiger partial charge in [-0.1, -0.05) is 30.3 Å². The maximum absolute atomic E-state index is 12.8. The number of carbonyl (C=O) groups is 1. The van der Waals surface area contributed by atoms with Crippen LogP contribution in [0, 0.1) is 5.41 Å². The van der Waals surface area contributed by atoms with Gasteiger partial charge in [0.1, 0.15) is 0 Å². The van der Waals surface area contributed by atoms with Gasteiger partial charge in [0.2, 0.25) is 5.91 Å². The Bertz CT molecular complexity index is 663. The molecule has 1 aromatic carbocycles. The van der Waals surface area contributed by atoms with Gasteiger partial charge in [-0.2, -0.15) is 5.10 Å². The molecule has 0 unspecified atom stereocenters. The zero-order valence-corrected chi connectivity index (χ0v) is 15.2. The molecule has 0 spiro atoms. The SMILES string of the molecule is COCC1(C(=O)Nc2cnn(Cc3ccccc3)c2)CCNCC1.Cl. The molecule has 1 aromatic heterocycles. The summed E-state index contributed by atoms with van der Waals surface area (Å²) in [5.41, 5.74) is 1.44. The van der Waals surface area contributed by atoms with Crippen LogP contribution in [-0.4, -0.2) is 42.5 Å². The molecular formula is C18H25ClN4O2. The van der Waals surface area contributed by atoms with Crippen molar-refractivity contribution in [2.24, 2.45) is 5.41 Å². The molecule has 3 rings (SSSR count). The van der Waals surface area contributed by atoms with Crippen LogP contribution in [0.1, 0.15) is 18.4 Å². The number of rotatable bonds is 6. The Kier molecular flexibility index (Phi) is 6.99. The Morgan fingerprint density at radius 2 is 2.04 bits per heavy atom. The lowest BCUT2D eigenvalue weighted by atomic mass is 9.78. The quantitative estimate of drug-likeness (QED) is 0.825. The maximum Gasteiger partial charge on any atom is 0.233 e. The van der Waals surface area contributed by atoms with Gasteiger partial charge in [0.25, 0.3) is 0 Å². The van der Waals surface area contributed by atoms with Crippen LogP contribution in [0.25, 0.3) is 0 Å². The lowest BCUT2D eigenvalue weighted by molar-refractivity contribution is -0.130. The Morgan fingerprint density at radius 1 is 1.32 bits per heavy atom. The van der Waals surface area contributed by atoms with Gasteiger partial charge >= 0.3 is 0 Å². The van der Waals surface area contributed by atoms with E-state index in [1.165, 1.54) is 5.56 Å². The van der Waals surface area contributed by atoms with E-state index in [9.17, 15) is 4.79 Å². The maximum atomic E-state index is 12.8. The average molecular weight is 365 g/mol. The zero-order chi connectivity index (χ0) is 16.8. The molecule has 0 saturated carbocycles. The van der Waals surface area contributed by atoms with Gasteiger partial charge in [-0.25, -0.2) is 0 Å². The minimum Gasteiger partial charge on any atom is -0.384 e. The second-order valence-corrected chi connectivity index (χ2v) is 6.33. The van der Waals surface area contributed by atoms with Crippen LogP contribution >= 0.6 is 12.4 Å². The van der Waals surface area contributed by atoms with Crippen molar-refractivity contribution in [3.05, 3.63) is 48.3 Å². The van der Waals surface area contributed by atoms with Crippen LogP contribution in [0.2, 0.25) is 0 Å². The van der Waals surface area contributed by atoms with E-state index in [4.69, 9.17) is 4.74 Å². The highest BCUT2D eigenvalue weighted by molar-refractivity contribution is 5.95. The average Bonchev–Trinajstić information content (AvgIpc) is 3.04. The molecule has 1 fully saturated rings. The number of anilines is 1. The summed E-state index contributed by atoms with van der Waals surface area (Å²) in [5, 5.41) is 10.6. The van der Waals surface area contributed by atoms with E-state index >= 15 is 0 Å². The number of hydrogen-bond acceptors (Lipinski definition) is 4. The number of benzene rings is 1. The summed E-state index contributed by atoms with van der Waals surface area (Å²) in [6.45, 7) is 2.80. The van der Waals surface area contributed by atoms with Crippen LogP contribution in [0.5, 0.6) is 0 Å². The Balaban J connectivity index is 0.00000225. The minimum atomic E-state index is -0.457. The summed E-state index contributed by atoms with van der Waals surface area (Å²) in [7, 11) is 1.65. The van der Waals surface area contributed by atoms with Gasteiger partial charge in [-0.05, 0) is 31.5 Å². The van der Waals surface area contributed by atoms with Crippen molar-refractivity contribution in [1.29, 1.82) is 0 Å². The van der Waals surface area contributed by atoms with Crippen molar-refractivity contribution in [2.45, 2.75) is 19.4 Å². The third kappa shape index (κ3) is 4.81. The fourth-order valence-electron chi connectivity index (χ4n) is 3.17. The first kappa shape index (κ1) is 19.4. The van der Waals surface area contributed by atoms with E-state index in [0.29, 0.717) is 13.2 Å². The number of halogens is 1. The number of aromatic nitrogens is 2. The number of ether oxygens (including phenoxy) is 1. The Hall–Kier alpha value is -1.89. The summed E-state index contributed by atoms with van der Waals surface area (Å²) < 4.78 is 7.15. The fraction of sp³-hybridized carbons (Fsp3) is 0.444. The molecular weight excluding hydrogens is 340 g/mol. The summed E-state index contributed by atoms with van der Waals surface area (Å²) in [6.07, 6.45) is 5.13. The fourth-order valence-corrected chi connectivity index (χ4v) is 3.17. The van der Waals surface area contributed by atoms with E-state index < -0.39 is 5.41 Å². The highest BCUT2D eigenvalue weighted by atomic mass is 35.5. The minimum absolute atomic E-state index is 0. The molecule has 6 nitrogen and oxygen atoms in total. The molecule has 1 saturated heterocycles. The standard InChI is InChI=1S/C18H24N4O2.ClH/c1-24-14-18(7-9-19-10-8-18)17(23)21-16-11-20-22(13-16)12-15-5-3-2-4-6-15;/h2-6,11,13,19H,7-10,12,14H2,1H3,(H,21,23);1H. The third-order valence-corrected chi connectivity index (χ3v) is 4.54. The van der Waals surface area contributed by atoms with E-state index in [0.717, 1.165) is 31.6 Å². The normalized spacial score (nSPS) is 16.0. The molecule has 7 heteroatoms.